The van der Waals surface area contributed by atoms with Crippen molar-refractivity contribution in [3.63, 3.8) is 0 Å². The number of fused-ring (bicyclic) bond motifs is 3. The molecule has 3 fully saturated rings. The molecular formula is C15H16N2O5S. The quantitative estimate of drug-likeness (QED) is 0.692. The molecule has 7 nitrogen and oxygen atoms in total. The summed E-state index contributed by atoms with van der Waals surface area (Å²) in [6, 6.07) is -0.477. The van der Waals surface area contributed by atoms with Gasteiger partial charge in [-0.2, -0.15) is 0 Å². The first-order valence-electron chi connectivity index (χ1n) is 7.35. The van der Waals surface area contributed by atoms with Crippen molar-refractivity contribution >= 4 is 29.5 Å². The van der Waals surface area contributed by atoms with Gasteiger partial charge in [-0.15, -0.1) is 0 Å². The maximum absolute atomic E-state index is 13.0. The van der Waals surface area contributed by atoms with E-state index in [1.165, 1.54) is 28.5 Å². The van der Waals surface area contributed by atoms with Crippen LogP contribution in [0.2, 0.25) is 0 Å². The summed E-state index contributed by atoms with van der Waals surface area (Å²) in [7, 11) is 1.55. The van der Waals surface area contributed by atoms with Gasteiger partial charge in [-0.05, 0) is 11.6 Å². The number of allylic oxidation sites excluding steroid dienone is 2. The van der Waals surface area contributed by atoms with Gasteiger partial charge in [0.1, 0.15) is 6.10 Å². The maximum Gasteiger partial charge on any atom is 0.303 e. The van der Waals surface area contributed by atoms with Gasteiger partial charge in [0.2, 0.25) is 0 Å². The molecule has 2 bridgehead atoms. The van der Waals surface area contributed by atoms with Crippen LogP contribution in [-0.2, 0) is 19.1 Å². The molecule has 0 aromatic heterocycles. The van der Waals surface area contributed by atoms with Gasteiger partial charge < -0.3 is 19.6 Å². The molecule has 122 valence electrons. The first kappa shape index (κ1) is 14.8. The molecule has 4 rings (SSSR count). The molecule has 0 saturated carbocycles. The minimum Gasteiger partial charge on any atom is -0.456 e. The molecule has 2 amide bonds. The van der Waals surface area contributed by atoms with Crippen LogP contribution in [0.15, 0.2) is 23.8 Å². The van der Waals surface area contributed by atoms with Crippen molar-refractivity contribution in [2.24, 2.45) is 0 Å². The van der Waals surface area contributed by atoms with Gasteiger partial charge in [-0.1, -0.05) is 23.9 Å². The van der Waals surface area contributed by atoms with Gasteiger partial charge in [-0.3, -0.25) is 14.4 Å². The molecule has 0 radical (unpaired) electrons. The molecule has 3 aliphatic heterocycles. The number of piperazine rings is 1. The zero-order valence-electron chi connectivity index (χ0n) is 12.7. The third-order valence-corrected chi connectivity index (χ3v) is 6.77. The van der Waals surface area contributed by atoms with E-state index in [-0.39, 0.29) is 11.8 Å². The summed E-state index contributed by atoms with van der Waals surface area (Å²) in [5.41, 5.74) is 0.898. The van der Waals surface area contributed by atoms with E-state index in [1.54, 1.807) is 19.2 Å². The number of thioether (sulfide) groups is 1. The van der Waals surface area contributed by atoms with Crippen molar-refractivity contribution in [1.82, 2.24) is 9.80 Å². The van der Waals surface area contributed by atoms with E-state index < -0.39 is 34.5 Å². The number of esters is 1. The van der Waals surface area contributed by atoms with Crippen LogP contribution in [0.25, 0.3) is 0 Å². The van der Waals surface area contributed by atoms with E-state index in [0.717, 1.165) is 5.57 Å². The highest BCUT2D eigenvalue weighted by Crippen LogP contribution is 2.64. The summed E-state index contributed by atoms with van der Waals surface area (Å²) < 4.78 is 5.34. The number of amides is 2. The third-order valence-electron chi connectivity index (χ3n) is 5.00. The van der Waals surface area contributed by atoms with E-state index in [9.17, 15) is 19.5 Å². The van der Waals surface area contributed by atoms with Crippen molar-refractivity contribution in [1.29, 1.82) is 0 Å². The van der Waals surface area contributed by atoms with Crippen LogP contribution in [0.3, 0.4) is 0 Å². The molecule has 23 heavy (non-hydrogen) atoms. The summed E-state index contributed by atoms with van der Waals surface area (Å²) in [6.07, 6.45) is 5.16. The lowest BCUT2D eigenvalue weighted by Gasteiger charge is -2.41. The van der Waals surface area contributed by atoms with Gasteiger partial charge in [0, 0.05) is 20.4 Å². The standard InChI is InChI=1S/C15H16N2O5S/c1-8(19)22-10-5-3-4-9-6-14-12(20)16(2)15(7-18,23-14)13(21)17(14)11(9)10/h3-5,10-11,18H,6-7H2,1-2H3. The molecule has 0 aromatic rings. The number of hydrogen-bond donors (Lipinski definition) is 1. The van der Waals surface area contributed by atoms with Crippen molar-refractivity contribution in [3.05, 3.63) is 23.8 Å². The van der Waals surface area contributed by atoms with Crippen LogP contribution in [0, 0.1) is 0 Å². The second-order valence-corrected chi connectivity index (χ2v) is 7.75. The Labute approximate surface area is 136 Å². The minimum atomic E-state index is -1.26. The fourth-order valence-electron chi connectivity index (χ4n) is 4.01. The van der Waals surface area contributed by atoms with Gasteiger partial charge in [0.25, 0.3) is 11.8 Å². The SMILES string of the molecule is CC(=O)OC1C=CC=C2CC34SC(CO)(C(=O)N3C21)N(C)C4=O. The Balaban J connectivity index is 1.81. The monoisotopic (exact) mass is 336 g/mol. The van der Waals surface area contributed by atoms with Crippen LogP contribution in [0.1, 0.15) is 13.3 Å². The molecular weight excluding hydrogens is 320 g/mol. The van der Waals surface area contributed by atoms with E-state index in [4.69, 9.17) is 4.74 Å². The van der Waals surface area contributed by atoms with Gasteiger partial charge in [0.05, 0.1) is 12.6 Å². The Morgan fingerprint density at radius 1 is 1.48 bits per heavy atom. The number of aliphatic hydroxyl groups excluding tert-OH is 1. The van der Waals surface area contributed by atoms with Gasteiger partial charge in [-0.25, -0.2) is 0 Å². The zero-order chi connectivity index (χ0) is 16.6. The number of nitrogens with zero attached hydrogens (tertiary/aromatic N) is 2. The van der Waals surface area contributed by atoms with Gasteiger partial charge >= 0.3 is 5.97 Å². The second-order valence-electron chi connectivity index (χ2n) is 6.19. The van der Waals surface area contributed by atoms with Gasteiger partial charge in [0.15, 0.2) is 9.74 Å². The first-order valence-corrected chi connectivity index (χ1v) is 8.16. The first-order chi connectivity index (χ1) is 10.9. The predicted molar refractivity (Wildman–Crippen MR) is 80.9 cm³/mol. The number of ether oxygens (including phenoxy) is 1. The number of rotatable bonds is 2. The topological polar surface area (TPSA) is 87.2 Å². The van der Waals surface area contributed by atoms with E-state index >= 15 is 0 Å². The van der Waals surface area contributed by atoms with Crippen molar-refractivity contribution < 1.29 is 24.2 Å². The Kier molecular flexibility index (Phi) is 2.82. The molecule has 3 heterocycles. The van der Waals surface area contributed by atoms with Crippen molar-refractivity contribution in [3.8, 4) is 0 Å². The van der Waals surface area contributed by atoms with Crippen molar-refractivity contribution in [2.75, 3.05) is 13.7 Å². The number of carbonyl (C=O) groups is 3. The molecule has 0 aromatic carbocycles. The highest BCUT2D eigenvalue weighted by Gasteiger charge is 2.77. The Morgan fingerprint density at radius 2 is 2.22 bits per heavy atom. The lowest BCUT2D eigenvalue weighted by molar-refractivity contribution is -0.164. The average Bonchev–Trinajstić information content (AvgIpc) is 3.04. The number of carbonyl (C=O) groups excluding carboxylic acids is 3. The Bertz CT molecular complexity index is 704. The molecule has 4 atom stereocenters. The predicted octanol–water partition coefficient (Wildman–Crippen LogP) is -0.381. The fraction of sp³-hybridized carbons (Fsp3) is 0.533. The van der Waals surface area contributed by atoms with E-state index in [0.29, 0.717) is 6.42 Å². The van der Waals surface area contributed by atoms with Crippen LogP contribution in [0.4, 0.5) is 0 Å². The molecule has 1 aliphatic carbocycles. The lowest BCUT2D eigenvalue weighted by Crippen LogP contribution is -2.65. The largest absolute Gasteiger partial charge is 0.456 e. The summed E-state index contributed by atoms with van der Waals surface area (Å²) >= 11 is 1.20. The number of hydrogen-bond acceptors (Lipinski definition) is 6. The van der Waals surface area contributed by atoms with Crippen LogP contribution < -0.4 is 0 Å². The minimum absolute atomic E-state index is 0.187. The number of aliphatic hydroxyl groups is 1. The highest BCUT2D eigenvalue weighted by molar-refractivity contribution is 8.04. The average molecular weight is 336 g/mol. The Hall–Kier alpha value is -1.80. The molecule has 4 aliphatic rings. The summed E-state index contributed by atoms with van der Waals surface area (Å²) in [6.45, 7) is 0.883. The summed E-state index contributed by atoms with van der Waals surface area (Å²) in [5.74, 6) is -0.924. The zero-order valence-corrected chi connectivity index (χ0v) is 13.5. The van der Waals surface area contributed by atoms with E-state index in [1.807, 2.05) is 6.08 Å². The molecule has 8 heteroatoms. The number of likely N-dealkylation sites (N-methyl/N-ethyl adjacent to an activating group) is 1. The molecule has 1 spiro atoms. The maximum atomic E-state index is 13.0. The Morgan fingerprint density at radius 3 is 2.87 bits per heavy atom. The van der Waals surface area contributed by atoms with Crippen LogP contribution in [-0.4, -0.2) is 68.2 Å². The molecule has 4 unspecified atom stereocenters. The lowest BCUT2D eigenvalue weighted by atomic mass is 9.96. The fourth-order valence-corrected chi connectivity index (χ4v) is 5.80. The smallest absolute Gasteiger partial charge is 0.303 e. The highest BCUT2D eigenvalue weighted by atomic mass is 32.2. The molecule has 3 saturated heterocycles. The third kappa shape index (κ3) is 1.53. The van der Waals surface area contributed by atoms with E-state index in [2.05, 4.69) is 0 Å². The summed E-state index contributed by atoms with van der Waals surface area (Å²) in [4.78, 5) is 37.7. The molecule has 1 N–H and O–H groups in total. The second kappa shape index (κ2) is 4.39. The van der Waals surface area contributed by atoms with Crippen LogP contribution >= 0.6 is 11.8 Å². The summed E-state index contributed by atoms with van der Waals surface area (Å²) in [5, 5.41) is 9.78. The normalized spacial score (nSPS) is 40.4. The van der Waals surface area contributed by atoms with Crippen molar-refractivity contribution in [2.45, 2.75) is 35.2 Å². The van der Waals surface area contributed by atoms with Crippen LogP contribution in [0.5, 0.6) is 0 Å².